The summed E-state index contributed by atoms with van der Waals surface area (Å²) >= 11 is 0. The van der Waals surface area contributed by atoms with Crippen molar-refractivity contribution in [2.24, 2.45) is 20.5 Å². The summed E-state index contributed by atoms with van der Waals surface area (Å²) in [5.74, 6) is -1.92. The fourth-order valence-corrected chi connectivity index (χ4v) is 6.99. The zero-order valence-electron chi connectivity index (χ0n) is 28.3. The number of hydrogen-bond donors (Lipinski definition) is 8. The fourth-order valence-electron chi connectivity index (χ4n) is 5.23. The Labute approximate surface area is 302 Å². The van der Waals surface area contributed by atoms with Crippen LogP contribution in [0.25, 0.3) is 21.8 Å². The van der Waals surface area contributed by atoms with Crippen molar-refractivity contribution < 1.29 is 36.9 Å². The molecule has 4 aromatic carbocycles. The van der Waals surface area contributed by atoms with Gasteiger partial charge in [-0.25, -0.2) is 26.3 Å². The number of fused-ring (bicyclic) bond motifs is 2. The second kappa shape index (κ2) is 14.5. The van der Waals surface area contributed by atoms with Gasteiger partial charge >= 0.3 is 0 Å². The summed E-state index contributed by atoms with van der Waals surface area (Å²) in [6.45, 7) is 3.21. The normalized spacial score (nSPS) is 12.4. The quantitative estimate of drug-likeness (QED) is 0.0526. The summed E-state index contributed by atoms with van der Waals surface area (Å²) in [6.07, 6.45) is 0. The third kappa shape index (κ3) is 8.17. The Balaban J connectivity index is 1.10. The van der Waals surface area contributed by atoms with Crippen molar-refractivity contribution in [2.45, 2.75) is 24.5 Å². The van der Waals surface area contributed by atoms with Crippen LogP contribution in [0.2, 0.25) is 0 Å². The number of hydrogen-bond acceptors (Lipinski definition) is 12. The molecule has 0 spiro atoms. The summed E-state index contributed by atoms with van der Waals surface area (Å²) in [5.41, 5.74) is 4.37. The van der Waals surface area contributed by atoms with Gasteiger partial charge in [0.2, 0.25) is 37.7 Å². The van der Waals surface area contributed by atoms with Crippen molar-refractivity contribution in [1.82, 2.24) is 19.4 Å². The highest BCUT2D eigenvalue weighted by Gasteiger charge is 2.19. The van der Waals surface area contributed by atoms with Crippen molar-refractivity contribution in [2.75, 3.05) is 18.9 Å². The molecule has 0 bridgehead atoms. The van der Waals surface area contributed by atoms with Gasteiger partial charge in [-0.15, -0.1) is 10.2 Å². The minimum atomic E-state index is -4.15. The number of anilines is 1. The maximum absolute atomic E-state index is 13.0. The minimum absolute atomic E-state index is 0.00977. The van der Waals surface area contributed by atoms with E-state index in [1.54, 1.807) is 24.3 Å². The van der Waals surface area contributed by atoms with Crippen LogP contribution >= 0.6 is 0 Å². The average molecular weight is 760 g/mol. The number of nitrogens with zero attached hydrogens (tertiary/aromatic N) is 4. The molecule has 0 radical (unpaired) electrons. The first-order valence-electron chi connectivity index (χ1n) is 15.7. The van der Waals surface area contributed by atoms with Gasteiger partial charge in [-0.05, 0) is 92.2 Å². The van der Waals surface area contributed by atoms with E-state index in [9.17, 15) is 36.9 Å². The lowest BCUT2D eigenvalue weighted by molar-refractivity contribution is -0.115. The molecule has 0 aliphatic carbocycles. The van der Waals surface area contributed by atoms with E-state index < -0.39 is 32.5 Å². The van der Waals surface area contributed by atoms with E-state index in [-0.39, 0.29) is 56.1 Å². The minimum Gasteiger partial charge on any atom is -0.506 e. The SMILES string of the molecule is CNS(=O)(=O)Cc1ccc(N=Nc2c(O)[nH]c3cc(O)c(NC(=O)CNS(=O)(=O)c4ccc(N=Nc5c(O)[nH]c6cc(C)c(C)cc56)cc4)cc23)cc1. The van der Waals surface area contributed by atoms with Gasteiger partial charge in [0, 0.05) is 16.8 Å². The first-order chi connectivity index (χ1) is 25.1. The van der Waals surface area contributed by atoms with Crippen LogP contribution in [0.4, 0.5) is 28.4 Å². The van der Waals surface area contributed by atoms with Gasteiger partial charge < -0.3 is 30.6 Å². The standard InChI is InChI=1S/C34H33N9O8S2/c1-18-12-24-26(13-19(18)2)38-33(46)31(24)42-41-22-8-10-23(11-9-22)53(50,51)36-16-30(45)37-28-14-25-27(15-29(28)44)39-34(47)32(25)43-40-21-6-4-20(5-7-21)17-52(48,49)35-3/h4-15,35-36,38-39,44,46-47H,16-17H2,1-3H3,(H,37,45). The lowest BCUT2D eigenvalue weighted by atomic mass is 10.1. The lowest BCUT2D eigenvalue weighted by Gasteiger charge is -2.10. The molecule has 0 saturated carbocycles. The van der Waals surface area contributed by atoms with Crippen molar-refractivity contribution in [1.29, 1.82) is 0 Å². The molecule has 17 nitrogen and oxygen atoms in total. The maximum Gasteiger partial charge on any atom is 0.241 e. The molecular formula is C34H33N9O8S2. The van der Waals surface area contributed by atoms with Crippen molar-refractivity contribution in [3.05, 3.63) is 89.5 Å². The molecule has 0 atom stereocenters. The molecular weight excluding hydrogens is 727 g/mol. The number of nitrogens with one attached hydrogen (secondary N) is 5. The fraction of sp³-hybridized carbons (Fsp3) is 0.147. The van der Waals surface area contributed by atoms with E-state index in [2.05, 4.69) is 45.2 Å². The Morgan fingerprint density at radius 2 is 1.25 bits per heavy atom. The molecule has 6 aromatic rings. The Hall–Kier alpha value is -6.15. The summed E-state index contributed by atoms with van der Waals surface area (Å²) < 4.78 is 53.9. The predicted octanol–water partition coefficient (Wildman–Crippen LogP) is 6.18. The van der Waals surface area contributed by atoms with Crippen LogP contribution in [0, 0.1) is 13.8 Å². The first kappa shape index (κ1) is 36.6. The van der Waals surface area contributed by atoms with E-state index in [0.29, 0.717) is 27.8 Å². The van der Waals surface area contributed by atoms with Gasteiger partial charge in [0.15, 0.2) is 11.4 Å². The number of azo groups is 2. The molecule has 2 heterocycles. The van der Waals surface area contributed by atoms with Gasteiger partial charge in [0.1, 0.15) is 5.75 Å². The lowest BCUT2D eigenvalue weighted by Crippen LogP contribution is -2.32. The van der Waals surface area contributed by atoms with Gasteiger partial charge in [0.25, 0.3) is 0 Å². The number of phenolic OH excluding ortho intramolecular Hbond substituents is 1. The van der Waals surface area contributed by atoms with Crippen LogP contribution < -0.4 is 14.8 Å². The third-order valence-corrected chi connectivity index (χ3v) is 11.0. The summed E-state index contributed by atoms with van der Waals surface area (Å²) in [4.78, 5) is 18.2. The highest BCUT2D eigenvalue weighted by Crippen LogP contribution is 2.41. The number of aromatic amines is 2. The Morgan fingerprint density at radius 3 is 1.83 bits per heavy atom. The van der Waals surface area contributed by atoms with Crippen molar-refractivity contribution >= 4 is 76.2 Å². The van der Waals surface area contributed by atoms with Crippen molar-refractivity contribution in [3.8, 4) is 17.5 Å². The monoisotopic (exact) mass is 759 g/mol. The molecule has 274 valence electrons. The Kier molecular flexibility index (Phi) is 10.00. The van der Waals surface area contributed by atoms with Gasteiger partial charge in [-0.2, -0.15) is 10.2 Å². The van der Waals surface area contributed by atoms with E-state index in [4.69, 9.17) is 0 Å². The van der Waals surface area contributed by atoms with E-state index in [1.165, 1.54) is 43.4 Å². The summed E-state index contributed by atoms with van der Waals surface area (Å²) in [7, 11) is -6.29. The second-order valence-corrected chi connectivity index (χ2v) is 15.6. The van der Waals surface area contributed by atoms with Crippen LogP contribution in [-0.4, -0.2) is 61.6 Å². The number of benzene rings is 4. The van der Waals surface area contributed by atoms with Gasteiger partial charge in [0.05, 0.1) is 45.3 Å². The van der Waals surface area contributed by atoms with Gasteiger partial charge in [-0.3, -0.25) is 4.79 Å². The number of aromatic nitrogens is 2. The number of H-pyrrole nitrogens is 2. The van der Waals surface area contributed by atoms with E-state index in [0.717, 1.165) is 11.1 Å². The second-order valence-electron chi connectivity index (χ2n) is 11.9. The third-order valence-electron chi connectivity index (χ3n) is 8.21. The number of aryl methyl sites for hydroxylation is 2. The molecule has 0 fully saturated rings. The Morgan fingerprint density at radius 1 is 0.717 bits per heavy atom. The van der Waals surface area contributed by atoms with E-state index >= 15 is 0 Å². The molecule has 0 aliphatic heterocycles. The number of rotatable bonds is 12. The number of carbonyl (C=O) groups excluding carboxylic acids is 1. The molecule has 1 amide bonds. The number of phenols is 1. The van der Waals surface area contributed by atoms with Crippen LogP contribution in [-0.2, 0) is 30.6 Å². The molecule has 53 heavy (non-hydrogen) atoms. The molecule has 8 N–H and O–H groups in total. The first-order valence-corrected chi connectivity index (χ1v) is 18.9. The topological polar surface area (TPSA) is 263 Å². The predicted molar refractivity (Wildman–Crippen MR) is 198 cm³/mol. The van der Waals surface area contributed by atoms with Crippen LogP contribution in [0.5, 0.6) is 17.5 Å². The summed E-state index contributed by atoms with van der Waals surface area (Å²) in [5, 5.41) is 51.2. The number of aromatic hydroxyl groups is 3. The smallest absolute Gasteiger partial charge is 0.241 e. The largest absolute Gasteiger partial charge is 0.506 e. The van der Waals surface area contributed by atoms with Crippen LogP contribution in [0.3, 0.4) is 0 Å². The molecule has 0 aliphatic rings. The number of carbonyl (C=O) groups is 1. The molecule has 2 aromatic heterocycles. The summed E-state index contributed by atoms with van der Waals surface area (Å²) in [6, 6.07) is 18.0. The molecule has 0 saturated heterocycles. The highest BCUT2D eigenvalue weighted by molar-refractivity contribution is 7.89. The molecule has 0 unspecified atom stereocenters. The van der Waals surface area contributed by atoms with Crippen molar-refractivity contribution in [3.63, 3.8) is 0 Å². The Bertz CT molecular complexity index is 2650. The zero-order valence-corrected chi connectivity index (χ0v) is 30.0. The van der Waals surface area contributed by atoms with Crippen LogP contribution in [0.1, 0.15) is 16.7 Å². The number of sulfonamides is 2. The molecule has 6 rings (SSSR count). The van der Waals surface area contributed by atoms with E-state index in [1.807, 2.05) is 26.0 Å². The average Bonchev–Trinajstić information content (AvgIpc) is 3.58. The number of amides is 1. The maximum atomic E-state index is 13.0. The molecule has 19 heteroatoms. The highest BCUT2D eigenvalue weighted by atomic mass is 32.2. The zero-order chi connectivity index (χ0) is 38.1. The van der Waals surface area contributed by atoms with Crippen LogP contribution in [0.15, 0.2) is 98.1 Å². The van der Waals surface area contributed by atoms with Gasteiger partial charge in [-0.1, -0.05) is 12.1 Å².